The van der Waals surface area contributed by atoms with Gasteiger partial charge in [0.05, 0.1) is 38.9 Å². The van der Waals surface area contributed by atoms with Crippen LogP contribution in [0.4, 0.5) is 0 Å². The van der Waals surface area contributed by atoms with Crippen LogP contribution in [0.2, 0.25) is 5.02 Å². The summed E-state index contributed by atoms with van der Waals surface area (Å²) in [7, 11) is 0. The molecule has 0 bridgehead atoms. The lowest BCUT2D eigenvalue weighted by Crippen LogP contribution is -2.27. The summed E-state index contributed by atoms with van der Waals surface area (Å²) in [6, 6.07) is 8.95. The first-order valence-electron chi connectivity index (χ1n) is 11.5. The largest absolute Gasteiger partial charge is 0.491 e. The Morgan fingerprint density at radius 1 is 1.03 bits per heavy atom. The van der Waals surface area contributed by atoms with Gasteiger partial charge in [-0.15, -0.1) is 11.3 Å². The SMILES string of the molecule is Cc1cc2c(=O)n(CCOc3ccc(Cl)cc3-c3cc(C)nc4c(C(=O)O)csc34)c(C)nc2c(C)n1. The number of pyridine rings is 2. The molecule has 37 heavy (non-hydrogen) atoms. The number of carboxylic acid groups (broad SMARTS) is 1. The number of halogens is 1. The average Bonchev–Trinajstić information content (AvgIpc) is 3.26. The molecule has 5 aromatic rings. The van der Waals surface area contributed by atoms with Gasteiger partial charge in [-0.25, -0.2) is 9.78 Å². The molecule has 0 aliphatic carbocycles. The Morgan fingerprint density at radius 3 is 2.54 bits per heavy atom. The van der Waals surface area contributed by atoms with Gasteiger partial charge >= 0.3 is 5.97 Å². The van der Waals surface area contributed by atoms with Gasteiger partial charge in [-0.1, -0.05) is 11.6 Å². The van der Waals surface area contributed by atoms with Crippen molar-refractivity contribution >= 4 is 50.0 Å². The van der Waals surface area contributed by atoms with E-state index in [2.05, 4.69) is 15.0 Å². The maximum Gasteiger partial charge on any atom is 0.338 e. The number of thiophene rings is 1. The summed E-state index contributed by atoms with van der Waals surface area (Å²) in [4.78, 5) is 38.4. The Labute approximate surface area is 221 Å². The van der Waals surface area contributed by atoms with Crippen molar-refractivity contribution in [2.24, 2.45) is 0 Å². The minimum absolute atomic E-state index is 0.137. The van der Waals surface area contributed by atoms with Crippen molar-refractivity contribution in [3.8, 4) is 16.9 Å². The normalized spacial score (nSPS) is 11.4. The zero-order chi connectivity index (χ0) is 26.4. The van der Waals surface area contributed by atoms with Gasteiger partial charge in [-0.3, -0.25) is 19.3 Å². The molecule has 0 spiro atoms. The number of rotatable bonds is 6. The van der Waals surface area contributed by atoms with Gasteiger partial charge in [0.25, 0.3) is 5.56 Å². The summed E-state index contributed by atoms with van der Waals surface area (Å²) in [6.45, 7) is 7.82. The third-order valence-corrected chi connectivity index (χ3v) is 7.36. The first kappa shape index (κ1) is 24.9. The molecule has 1 aromatic carbocycles. The fourth-order valence-electron chi connectivity index (χ4n) is 4.48. The molecule has 0 aliphatic heterocycles. The molecule has 0 unspecified atom stereocenters. The summed E-state index contributed by atoms with van der Waals surface area (Å²) in [5.74, 6) is 0.123. The van der Waals surface area contributed by atoms with E-state index in [4.69, 9.17) is 16.3 Å². The van der Waals surface area contributed by atoms with E-state index in [1.54, 1.807) is 41.1 Å². The smallest absolute Gasteiger partial charge is 0.338 e. The summed E-state index contributed by atoms with van der Waals surface area (Å²) in [5.41, 5.74) is 4.75. The van der Waals surface area contributed by atoms with Crippen molar-refractivity contribution in [1.29, 1.82) is 0 Å². The molecule has 0 aliphatic rings. The van der Waals surface area contributed by atoms with Gasteiger partial charge in [-0.2, -0.15) is 0 Å². The number of carboxylic acids is 1. The number of benzene rings is 1. The van der Waals surface area contributed by atoms with E-state index in [-0.39, 0.29) is 17.7 Å². The van der Waals surface area contributed by atoms with E-state index >= 15 is 0 Å². The van der Waals surface area contributed by atoms with Gasteiger partial charge in [0.2, 0.25) is 0 Å². The molecule has 0 saturated heterocycles. The zero-order valence-corrected chi connectivity index (χ0v) is 22.2. The minimum atomic E-state index is -1.02. The topological polar surface area (TPSA) is 107 Å². The predicted octanol–water partition coefficient (Wildman–Crippen LogP) is 5.73. The number of ether oxygens (including phenoxy) is 1. The number of hydrogen-bond acceptors (Lipinski definition) is 7. The van der Waals surface area contributed by atoms with Crippen LogP contribution in [0.5, 0.6) is 5.75 Å². The highest BCUT2D eigenvalue weighted by molar-refractivity contribution is 7.18. The Morgan fingerprint density at radius 2 is 1.78 bits per heavy atom. The highest BCUT2D eigenvalue weighted by Crippen LogP contribution is 2.40. The third-order valence-electron chi connectivity index (χ3n) is 6.12. The number of nitrogens with zero attached hydrogens (tertiary/aromatic N) is 4. The summed E-state index contributed by atoms with van der Waals surface area (Å²) < 4.78 is 8.51. The predicted molar refractivity (Wildman–Crippen MR) is 145 cm³/mol. The average molecular weight is 535 g/mol. The number of aromatic carboxylic acids is 1. The van der Waals surface area contributed by atoms with Crippen molar-refractivity contribution in [3.05, 3.63) is 79.6 Å². The Balaban J connectivity index is 1.50. The summed E-state index contributed by atoms with van der Waals surface area (Å²) >= 11 is 7.66. The van der Waals surface area contributed by atoms with Crippen LogP contribution in [0.3, 0.4) is 0 Å². The van der Waals surface area contributed by atoms with Crippen molar-refractivity contribution in [3.63, 3.8) is 0 Å². The second-order valence-corrected chi connectivity index (χ2v) is 10.1. The van der Waals surface area contributed by atoms with Crippen LogP contribution < -0.4 is 10.3 Å². The van der Waals surface area contributed by atoms with Crippen molar-refractivity contribution in [1.82, 2.24) is 19.5 Å². The number of carbonyl (C=O) groups is 1. The van der Waals surface area contributed by atoms with Gasteiger partial charge in [0, 0.05) is 32.9 Å². The molecule has 8 nitrogen and oxygen atoms in total. The van der Waals surface area contributed by atoms with Crippen LogP contribution in [-0.2, 0) is 6.54 Å². The standard InChI is InChI=1S/C27H23ClN4O4S/c1-13-10-20-23(15(3)29-13)31-16(4)32(26(20)33)7-8-36-22-6-5-17(28)11-18(22)19-9-14(2)30-24-21(27(34)35)12-37-25(19)24/h5-6,9-12H,7-8H2,1-4H3,(H,34,35). The molecular weight excluding hydrogens is 512 g/mol. The summed E-state index contributed by atoms with van der Waals surface area (Å²) in [5, 5.41) is 12.2. The first-order valence-corrected chi connectivity index (χ1v) is 12.8. The second kappa shape index (κ2) is 9.57. The molecule has 10 heteroatoms. The number of fused-ring (bicyclic) bond motifs is 2. The number of aryl methyl sites for hydroxylation is 4. The highest BCUT2D eigenvalue weighted by atomic mass is 35.5. The molecule has 0 amide bonds. The van der Waals surface area contributed by atoms with Crippen LogP contribution in [0.1, 0.15) is 33.3 Å². The molecule has 5 rings (SSSR count). The lowest BCUT2D eigenvalue weighted by Gasteiger charge is -2.15. The Hall–Kier alpha value is -3.82. The van der Waals surface area contributed by atoms with Gasteiger partial charge in [0.15, 0.2) is 0 Å². The highest BCUT2D eigenvalue weighted by Gasteiger charge is 2.19. The maximum absolute atomic E-state index is 13.2. The van der Waals surface area contributed by atoms with E-state index in [9.17, 15) is 14.7 Å². The number of aromatic nitrogens is 4. The molecule has 4 aromatic heterocycles. The lowest BCUT2D eigenvalue weighted by atomic mass is 10.0. The number of hydrogen-bond donors (Lipinski definition) is 1. The Kier molecular flexibility index (Phi) is 6.43. The van der Waals surface area contributed by atoms with Crippen LogP contribution in [-0.4, -0.2) is 37.2 Å². The van der Waals surface area contributed by atoms with E-state index < -0.39 is 5.97 Å². The molecule has 0 saturated carbocycles. The third kappa shape index (κ3) is 4.56. The molecule has 0 radical (unpaired) electrons. The van der Waals surface area contributed by atoms with Crippen LogP contribution in [0.15, 0.2) is 40.5 Å². The fourth-order valence-corrected chi connectivity index (χ4v) is 5.66. The molecule has 188 valence electrons. The summed E-state index contributed by atoms with van der Waals surface area (Å²) in [6.07, 6.45) is 0. The zero-order valence-electron chi connectivity index (χ0n) is 20.6. The van der Waals surface area contributed by atoms with E-state index in [1.807, 2.05) is 26.8 Å². The second-order valence-electron chi connectivity index (χ2n) is 8.79. The molecule has 4 heterocycles. The van der Waals surface area contributed by atoms with Gasteiger partial charge in [-0.05, 0) is 58.0 Å². The molecular formula is C27H23ClN4O4S. The van der Waals surface area contributed by atoms with Crippen molar-refractivity contribution in [2.45, 2.75) is 34.2 Å². The van der Waals surface area contributed by atoms with Crippen molar-refractivity contribution < 1.29 is 14.6 Å². The van der Waals surface area contributed by atoms with Gasteiger partial charge in [0.1, 0.15) is 18.2 Å². The molecule has 1 N–H and O–H groups in total. The molecule has 0 fully saturated rings. The van der Waals surface area contributed by atoms with Gasteiger partial charge < -0.3 is 9.84 Å². The van der Waals surface area contributed by atoms with Crippen molar-refractivity contribution in [2.75, 3.05) is 6.61 Å². The van der Waals surface area contributed by atoms with E-state index in [0.29, 0.717) is 45.3 Å². The van der Waals surface area contributed by atoms with Crippen LogP contribution in [0.25, 0.3) is 32.2 Å². The fraction of sp³-hybridized carbons (Fsp3) is 0.222. The minimum Gasteiger partial charge on any atom is -0.491 e. The van der Waals surface area contributed by atoms with E-state index in [1.165, 1.54) is 11.3 Å². The Bertz CT molecular complexity index is 1780. The lowest BCUT2D eigenvalue weighted by molar-refractivity contribution is 0.0699. The maximum atomic E-state index is 13.2. The first-order chi connectivity index (χ1) is 17.6. The van der Waals surface area contributed by atoms with Crippen LogP contribution >= 0.6 is 22.9 Å². The van der Waals surface area contributed by atoms with E-state index in [0.717, 1.165) is 27.2 Å². The monoisotopic (exact) mass is 534 g/mol. The molecule has 0 atom stereocenters. The quantitative estimate of drug-likeness (QED) is 0.296. The van der Waals surface area contributed by atoms with Crippen LogP contribution in [0, 0.1) is 27.7 Å².